The minimum Gasteiger partial charge on any atom is -0.508 e. The van der Waals surface area contributed by atoms with Crippen molar-refractivity contribution >= 4 is 9.84 Å². The predicted molar refractivity (Wildman–Crippen MR) is 65.5 cm³/mol. The van der Waals surface area contributed by atoms with Crippen molar-refractivity contribution in [2.45, 2.75) is 35.3 Å². The summed E-state index contributed by atoms with van der Waals surface area (Å²) in [5, 5.41) is 9.19. The van der Waals surface area contributed by atoms with Crippen molar-refractivity contribution in [1.29, 1.82) is 0 Å². The first kappa shape index (κ1) is 12.4. The largest absolute Gasteiger partial charge is 0.508 e. The van der Waals surface area contributed by atoms with Gasteiger partial charge in [0.1, 0.15) is 5.75 Å². The molecular formula is C12H17NO3S. The van der Waals surface area contributed by atoms with Gasteiger partial charge in [0.2, 0.25) is 0 Å². The highest BCUT2D eigenvalue weighted by atomic mass is 32.2. The number of sulfone groups is 1. The number of benzene rings is 1. The van der Waals surface area contributed by atoms with Crippen molar-refractivity contribution in [2.24, 2.45) is 5.73 Å². The Labute approximate surface area is 101 Å². The van der Waals surface area contributed by atoms with Crippen LogP contribution in [0, 0.1) is 0 Å². The molecule has 1 aliphatic rings. The SMILES string of the molecule is NCC1(S(=O)(=O)c2ccc(O)cc2)CCCC1. The number of nitrogens with two attached hydrogens (primary N) is 1. The predicted octanol–water partition coefficient (Wildman–Crippen LogP) is 1.44. The van der Waals surface area contributed by atoms with Crippen molar-refractivity contribution in [3.8, 4) is 5.75 Å². The van der Waals surface area contributed by atoms with Crippen molar-refractivity contribution in [3.05, 3.63) is 24.3 Å². The van der Waals surface area contributed by atoms with Crippen LogP contribution in [0.4, 0.5) is 0 Å². The molecule has 1 aromatic carbocycles. The molecule has 17 heavy (non-hydrogen) atoms. The fraction of sp³-hybridized carbons (Fsp3) is 0.500. The van der Waals surface area contributed by atoms with Gasteiger partial charge in [-0.2, -0.15) is 0 Å². The Balaban J connectivity index is 2.45. The molecule has 0 amide bonds. The van der Waals surface area contributed by atoms with E-state index in [0.717, 1.165) is 12.8 Å². The Bertz CT molecular complexity index is 487. The van der Waals surface area contributed by atoms with Crippen LogP contribution >= 0.6 is 0 Å². The van der Waals surface area contributed by atoms with Gasteiger partial charge in [0.15, 0.2) is 9.84 Å². The molecule has 0 bridgehead atoms. The molecule has 3 N–H and O–H groups in total. The summed E-state index contributed by atoms with van der Waals surface area (Å²) in [6, 6.07) is 5.68. The van der Waals surface area contributed by atoms with E-state index in [1.165, 1.54) is 24.3 Å². The maximum Gasteiger partial charge on any atom is 0.185 e. The number of hydrogen-bond acceptors (Lipinski definition) is 4. The van der Waals surface area contributed by atoms with Gasteiger partial charge in [0.05, 0.1) is 9.64 Å². The van der Waals surface area contributed by atoms with E-state index in [4.69, 9.17) is 5.73 Å². The third-order valence-electron chi connectivity index (χ3n) is 3.60. The van der Waals surface area contributed by atoms with Gasteiger partial charge in [-0.05, 0) is 37.1 Å². The summed E-state index contributed by atoms with van der Waals surface area (Å²) in [6.07, 6.45) is 3.09. The fourth-order valence-corrected chi connectivity index (χ4v) is 4.52. The van der Waals surface area contributed by atoms with E-state index in [9.17, 15) is 13.5 Å². The number of hydrogen-bond donors (Lipinski definition) is 2. The molecule has 0 atom stereocenters. The summed E-state index contributed by atoms with van der Waals surface area (Å²) in [6.45, 7) is 0.163. The van der Waals surface area contributed by atoms with Gasteiger partial charge in [0.25, 0.3) is 0 Å². The van der Waals surface area contributed by atoms with E-state index in [1.54, 1.807) is 0 Å². The average Bonchev–Trinajstić information content (AvgIpc) is 2.79. The number of aromatic hydroxyl groups is 1. The number of rotatable bonds is 3. The van der Waals surface area contributed by atoms with Gasteiger partial charge in [0, 0.05) is 6.54 Å². The number of phenolic OH excluding ortho intramolecular Hbond substituents is 1. The molecule has 0 spiro atoms. The molecule has 1 aliphatic carbocycles. The first-order valence-electron chi connectivity index (χ1n) is 5.76. The maximum atomic E-state index is 12.5. The van der Waals surface area contributed by atoms with Gasteiger partial charge in [-0.25, -0.2) is 8.42 Å². The molecule has 0 aliphatic heterocycles. The zero-order chi connectivity index (χ0) is 12.5. The number of phenols is 1. The lowest BCUT2D eigenvalue weighted by molar-refractivity contribution is 0.474. The lowest BCUT2D eigenvalue weighted by Crippen LogP contribution is -2.43. The topological polar surface area (TPSA) is 80.4 Å². The van der Waals surface area contributed by atoms with Crippen LogP contribution in [0.1, 0.15) is 25.7 Å². The van der Waals surface area contributed by atoms with Crippen LogP contribution in [0.15, 0.2) is 29.2 Å². The molecule has 5 heteroatoms. The molecule has 1 aromatic rings. The standard InChI is InChI=1S/C12H17NO3S/c13-9-12(7-1-2-8-12)17(15,16)11-5-3-10(14)4-6-11/h3-6,14H,1-2,7-9,13H2. The van der Waals surface area contributed by atoms with Gasteiger partial charge in [-0.1, -0.05) is 12.8 Å². The monoisotopic (exact) mass is 255 g/mol. The molecule has 0 saturated heterocycles. The maximum absolute atomic E-state index is 12.5. The summed E-state index contributed by atoms with van der Waals surface area (Å²) in [5.74, 6) is 0.0668. The minimum atomic E-state index is -3.40. The van der Waals surface area contributed by atoms with E-state index >= 15 is 0 Å². The average molecular weight is 255 g/mol. The fourth-order valence-electron chi connectivity index (χ4n) is 2.48. The summed E-state index contributed by atoms with van der Waals surface area (Å²) in [7, 11) is -3.40. The van der Waals surface area contributed by atoms with Crippen molar-refractivity contribution in [2.75, 3.05) is 6.54 Å². The third kappa shape index (κ3) is 1.93. The van der Waals surface area contributed by atoms with E-state index in [1.807, 2.05) is 0 Å². The first-order valence-corrected chi connectivity index (χ1v) is 7.24. The molecule has 0 heterocycles. The van der Waals surface area contributed by atoms with Crippen LogP contribution in [-0.2, 0) is 9.84 Å². The summed E-state index contributed by atoms with van der Waals surface area (Å²) >= 11 is 0. The van der Waals surface area contributed by atoms with Crippen LogP contribution in [0.2, 0.25) is 0 Å². The van der Waals surface area contributed by atoms with E-state index in [0.29, 0.717) is 12.8 Å². The van der Waals surface area contributed by atoms with Crippen molar-refractivity contribution in [3.63, 3.8) is 0 Å². The minimum absolute atomic E-state index is 0.0668. The van der Waals surface area contributed by atoms with Crippen molar-refractivity contribution in [1.82, 2.24) is 0 Å². The van der Waals surface area contributed by atoms with Crippen LogP contribution in [0.5, 0.6) is 5.75 Å². The second kappa shape index (κ2) is 4.31. The molecule has 4 nitrogen and oxygen atoms in total. The van der Waals surface area contributed by atoms with Gasteiger partial charge in [-0.3, -0.25) is 0 Å². The quantitative estimate of drug-likeness (QED) is 0.856. The Morgan fingerprint density at radius 1 is 1.18 bits per heavy atom. The Hall–Kier alpha value is -1.07. The van der Waals surface area contributed by atoms with Gasteiger partial charge in [-0.15, -0.1) is 0 Å². The van der Waals surface area contributed by atoms with Crippen LogP contribution in [-0.4, -0.2) is 24.8 Å². The molecule has 1 fully saturated rings. The smallest absolute Gasteiger partial charge is 0.185 e. The molecule has 0 aromatic heterocycles. The summed E-state index contributed by atoms with van der Waals surface area (Å²) < 4.78 is 24.3. The Morgan fingerprint density at radius 3 is 2.18 bits per heavy atom. The Morgan fingerprint density at radius 2 is 1.71 bits per heavy atom. The summed E-state index contributed by atoms with van der Waals surface area (Å²) in [4.78, 5) is 0.252. The van der Waals surface area contributed by atoms with Crippen LogP contribution < -0.4 is 5.73 Å². The molecule has 1 saturated carbocycles. The zero-order valence-corrected chi connectivity index (χ0v) is 10.4. The second-order valence-electron chi connectivity index (χ2n) is 4.59. The Kier molecular flexibility index (Phi) is 3.14. The molecule has 94 valence electrons. The molecule has 0 radical (unpaired) electrons. The van der Waals surface area contributed by atoms with E-state index in [2.05, 4.69) is 0 Å². The van der Waals surface area contributed by atoms with Crippen LogP contribution in [0.25, 0.3) is 0 Å². The van der Waals surface area contributed by atoms with Crippen molar-refractivity contribution < 1.29 is 13.5 Å². The second-order valence-corrected chi connectivity index (χ2v) is 6.94. The van der Waals surface area contributed by atoms with E-state index in [-0.39, 0.29) is 17.2 Å². The highest BCUT2D eigenvalue weighted by molar-refractivity contribution is 7.92. The normalized spacial score (nSPS) is 19.4. The lowest BCUT2D eigenvalue weighted by atomic mass is 10.1. The van der Waals surface area contributed by atoms with Crippen LogP contribution in [0.3, 0.4) is 0 Å². The highest BCUT2D eigenvalue weighted by Crippen LogP contribution is 2.39. The van der Waals surface area contributed by atoms with Gasteiger partial charge >= 0.3 is 0 Å². The highest BCUT2D eigenvalue weighted by Gasteiger charge is 2.45. The lowest BCUT2D eigenvalue weighted by Gasteiger charge is -2.27. The first-order chi connectivity index (χ1) is 8.02. The molecule has 0 unspecified atom stereocenters. The van der Waals surface area contributed by atoms with Gasteiger partial charge < -0.3 is 10.8 Å². The zero-order valence-electron chi connectivity index (χ0n) is 9.59. The van der Waals surface area contributed by atoms with E-state index < -0.39 is 14.6 Å². The summed E-state index contributed by atoms with van der Waals surface area (Å²) in [5.41, 5.74) is 5.69. The third-order valence-corrected chi connectivity index (χ3v) is 6.21. The molecular weight excluding hydrogens is 238 g/mol. The molecule has 2 rings (SSSR count).